The molecule has 0 aromatic heterocycles. The summed E-state index contributed by atoms with van der Waals surface area (Å²) in [6.07, 6.45) is 18.5. The topological polar surface area (TPSA) is 43.1 Å². The van der Waals surface area contributed by atoms with Crippen LogP contribution < -0.4 is 0 Å². The quantitative estimate of drug-likeness (QED) is 0.446. The number of nitro groups is 1. The van der Waals surface area contributed by atoms with E-state index >= 15 is 0 Å². The minimum absolute atomic E-state index is 0. The van der Waals surface area contributed by atoms with Gasteiger partial charge in [0.1, 0.15) is 0 Å². The Morgan fingerprint density at radius 3 is 1.88 bits per heavy atom. The Morgan fingerprint density at radius 1 is 0.917 bits per heavy atom. The van der Waals surface area contributed by atoms with E-state index in [2.05, 4.69) is 0 Å². The van der Waals surface area contributed by atoms with E-state index < -0.39 is 6.04 Å². The van der Waals surface area contributed by atoms with Gasteiger partial charge in [-0.2, -0.15) is 0 Å². The van der Waals surface area contributed by atoms with Crippen molar-refractivity contribution < 1.29 is 22.0 Å². The Labute approximate surface area is 157 Å². The summed E-state index contributed by atoms with van der Waals surface area (Å²) in [4.78, 5) is 10.6. The molecule has 2 aliphatic rings. The fourth-order valence-electron chi connectivity index (χ4n) is 2.52. The summed E-state index contributed by atoms with van der Waals surface area (Å²) < 4.78 is 0. The Balaban J connectivity index is 0.000000412. The summed E-state index contributed by atoms with van der Waals surface area (Å²) in [6, 6.07) is 9.44. The van der Waals surface area contributed by atoms with Gasteiger partial charge in [-0.05, 0) is 75.2 Å². The molecule has 1 aromatic carbocycles. The monoisotopic (exact) mass is 363 g/mol. The molecule has 0 heterocycles. The van der Waals surface area contributed by atoms with Gasteiger partial charge in [-0.1, -0.05) is 30.3 Å². The molecule has 3 rings (SSSR count). The van der Waals surface area contributed by atoms with Crippen LogP contribution in [0.15, 0.2) is 30.3 Å². The molecule has 124 valence electrons. The third-order valence-corrected chi connectivity index (χ3v) is 3.79. The smallest absolute Gasteiger partial charge is 0.264 e. The molecular formula is C20H21FeNO2+2. The van der Waals surface area contributed by atoms with Gasteiger partial charge < -0.3 is 0 Å². The summed E-state index contributed by atoms with van der Waals surface area (Å²) in [5, 5.41) is 10.8. The van der Waals surface area contributed by atoms with Crippen LogP contribution in [0.3, 0.4) is 0 Å². The minimum Gasteiger partial charge on any atom is -0.264 e. The van der Waals surface area contributed by atoms with Crippen LogP contribution in [0.4, 0.5) is 0 Å². The number of hydrogen-bond acceptors (Lipinski definition) is 2. The predicted octanol–water partition coefficient (Wildman–Crippen LogP) is 4.25. The molecule has 1 aromatic rings. The van der Waals surface area contributed by atoms with E-state index in [0.29, 0.717) is 6.42 Å². The Kier molecular flexibility index (Phi) is 10.3. The SMILES string of the molecule is CC(CC([C]1[CH][CH][CH][CH]1)c1ccccc1)[N+](=O)[O-].[CH]1[CH][CH][CH][CH]1.[Fe+2]. The number of hydrogen-bond donors (Lipinski definition) is 0. The molecular weight excluding hydrogens is 342 g/mol. The molecule has 0 saturated heterocycles. The molecule has 0 N–H and O–H groups in total. The van der Waals surface area contributed by atoms with Crippen LogP contribution in [-0.2, 0) is 17.1 Å². The number of rotatable bonds is 5. The van der Waals surface area contributed by atoms with Crippen LogP contribution in [0.5, 0.6) is 0 Å². The molecule has 2 fully saturated rings. The van der Waals surface area contributed by atoms with Crippen LogP contribution in [0.25, 0.3) is 0 Å². The van der Waals surface area contributed by atoms with Gasteiger partial charge in [-0.15, -0.1) is 0 Å². The zero-order chi connectivity index (χ0) is 16.5. The van der Waals surface area contributed by atoms with Crippen molar-refractivity contribution in [3.63, 3.8) is 0 Å². The maximum Gasteiger partial charge on any atom is 2.00 e. The second kappa shape index (κ2) is 11.7. The van der Waals surface area contributed by atoms with Gasteiger partial charge in [0.25, 0.3) is 0 Å². The van der Waals surface area contributed by atoms with Crippen LogP contribution in [0, 0.1) is 73.8 Å². The summed E-state index contributed by atoms with van der Waals surface area (Å²) in [5.74, 6) is 1.25. The fourth-order valence-corrected chi connectivity index (χ4v) is 2.52. The average Bonchev–Trinajstić information content (AvgIpc) is 3.28. The maximum atomic E-state index is 10.8. The second-order valence-corrected chi connectivity index (χ2v) is 5.51. The summed E-state index contributed by atoms with van der Waals surface area (Å²) in [5.41, 5.74) is 1.14. The molecule has 0 aliphatic heterocycles. The van der Waals surface area contributed by atoms with E-state index in [9.17, 15) is 10.1 Å². The third-order valence-electron chi connectivity index (χ3n) is 3.79. The van der Waals surface area contributed by atoms with E-state index in [4.69, 9.17) is 0 Å². The maximum absolute atomic E-state index is 10.8. The molecule has 2 atom stereocenters. The van der Waals surface area contributed by atoms with Gasteiger partial charge in [0, 0.05) is 18.3 Å². The first-order valence-electron chi connectivity index (χ1n) is 7.75. The second-order valence-electron chi connectivity index (χ2n) is 5.51. The number of nitrogens with zero attached hydrogens (tertiary/aromatic N) is 1. The van der Waals surface area contributed by atoms with E-state index in [1.807, 2.05) is 88.1 Å². The Bertz CT molecular complexity index is 448. The largest absolute Gasteiger partial charge is 2.00 e. The van der Waals surface area contributed by atoms with Crippen molar-refractivity contribution in [3.8, 4) is 0 Å². The van der Waals surface area contributed by atoms with Crippen molar-refractivity contribution >= 4 is 0 Å². The molecule has 0 amide bonds. The van der Waals surface area contributed by atoms with Crippen molar-refractivity contribution in [1.82, 2.24) is 0 Å². The molecule has 0 bridgehead atoms. The molecule has 2 saturated carbocycles. The minimum atomic E-state index is -0.537. The normalized spacial score (nSPS) is 19.7. The Hall–Kier alpha value is -0.861. The molecule has 4 heteroatoms. The Morgan fingerprint density at radius 2 is 1.42 bits per heavy atom. The van der Waals surface area contributed by atoms with Crippen LogP contribution in [-0.4, -0.2) is 11.0 Å². The van der Waals surface area contributed by atoms with E-state index in [1.165, 1.54) is 0 Å². The van der Waals surface area contributed by atoms with Crippen LogP contribution in [0.1, 0.15) is 24.8 Å². The molecule has 2 aliphatic carbocycles. The fraction of sp³-hybridized carbons (Fsp3) is 0.200. The predicted molar refractivity (Wildman–Crippen MR) is 92.2 cm³/mol. The van der Waals surface area contributed by atoms with Crippen molar-refractivity contribution in [1.29, 1.82) is 0 Å². The molecule has 3 nitrogen and oxygen atoms in total. The first-order chi connectivity index (χ1) is 11.2. The average molecular weight is 363 g/mol. The van der Waals surface area contributed by atoms with Crippen molar-refractivity contribution in [3.05, 3.63) is 110 Å². The van der Waals surface area contributed by atoms with E-state index in [1.54, 1.807) is 6.92 Å². The standard InChI is InChI=1S/C15H16NO2.C5H5.Fe/c1-12(16(17)18)11-15(14-9-5-6-10-14)13-7-3-2-4-8-13;1-2-4-5-3-1;/h2-10,12,15H,11H2,1H3;1-5H;/q;;+2. The van der Waals surface area contributed by atoms with Gasteiger partial charge in [0.05, 0.1) is 0 Å². The molecule has 10 radical (unpaired) electrons. The van der Waals surface area contributed by atoms with Gasteiger partial charge in [-0.3, -0.25) is 10.1 Å². The zero-order valence-corrected chi connectivity index (χ0v) is 14.7. The van der Waals surface area contributed by atoms with Crippen molar-refractivity contribution in [2.24, 2.45) is 0 Å². The van der Waals surface area contributed by atoms with E-state index in [-0.39, 0.29) is 27.9 Å². The first kappa shape index (κ1) is 21.2. The van der Waals surface area contributed by atoms with Crippen LogP contribution >= 0.6 is 0 Å². The van der Waals surface area contributed by atoms with Crippen molar-refractivity contribution in [2.45, 2.75) is 25.3 Å². The van der Waals surface area contributed by atoms with Crippen molar-refractivity contribution in [2.75, 3.05) is 0 Å². The van der Waals surface area contributed by atoms with Gasteiger partial charge in [0.2, 0.25) is 6.04 Å². The summed E-state index contributed by atoms with van der Waals surface area (Å²) in [7, 11) is 0. The molecule has 0 spiro atoms. The van der Waals surface area contributed by atoms with E-state index in [0.717, 1.165) is 11.5 Å². The van der Waals surface area contributed by atoms with Gasteiger partial charge >= 0.3 is 17.1 Å². The third kappa shape index (κ3) is 6.94. The molecule has 2 unspecified atom stereocenters. The zero-order valence-electron chi connectivity index (χ0n) is 13.6. The van der Waals surface area contributed by atoms with Crippen LogP contribution in [0.2, 0.25) is 0 Å². The first-order valence-corrected chi connectivity index (χ1v) is 7.75. The van der Waals surface area contributed by atoms with Gasteiger partial charge in [-0.25, -0.2) is 0 Å². The van der Waals surface area contributed by atoms with Gasteiger partial charge in [0.15, 0.2) is 0 Å². The summed E-state index contributed by atoms with van der Waals surface area (Å²) in [6.45, 7) is 1.67. The number of benzene rings is 1. The summed E-state index contributed by atoms with van der Waals surface area (Å²) >= 11 is 0. The molecule has 24 heavy (non-hydrogen) atoms.